The molecule has 110 valence electrons. The number of pyridine rings is 1. The zero-order valence-corrected chi connectivity index (χ0v) is 12.6. The van der Waals surface area contributed by atoms with Gasteiger partial charge in [-0.3, -0.25) is 9.78 Å². The fourth-order valence-electron chi connectivity index (χ4n) is 1.84. The van der Waals surface area contributed by atoms with Crippen molar-refractivity contribution in [3.63, 3.8) is 0 Å². The molecule has 0 saturated carbocycles. The molecule has 2 aromatic rings. The fourth-order valence-corrected chi connectivity index (χ4v) is 2.38. The van der Waals surface area contributed by atoms with E-state index in [-0.39, 0.29) is 0 Å². The molecule has 6 heteroatoms. The highest BCUT2D eigenvalue weighted by molar-refractivity contribution is 6.34. The van der Waals surface area contributed by atoms with Gasteiger partial charge in [-0.05, 0) is 35.9 Å². The van der Waals surface area contributed by atoms with Crippen LogP contribution in [0.1, 0.15) is 17.4 Å². The van der Waals surface area contributed by atoms with Gasteiger partial charge < -0.3 is 10.4 Å². The molecular weight excluding hydrogens is 311 g/mol. The molecule has 0 aliphatic rings. The third-order valence-electron chi connectivity index (χ3n) is 2.86. The molecule has 0 radical (unpaired) electrons. The molecule has 1 aromatic heterocycles. The van der Waals surface area contributed by atoms with Crippen LogP contribution < -0.4 is 5.32 Å². The van der Waals surface area contributed by atoms with Crippen molar-refractivity contribution in [1.82, 2.24) is 10.3 Å². The first-order chi connectivity index (χ1) is 10.1. The van der Waals surface area contributed by atoms with Crippen molar-refractivity contribution in [2.75, 3.05) is 6.54 Å². The molecule has 0 fully saturated rings. The Labute approximate surface area is 132 Å². The number of rotatable bonds is 5. The Balaban J connectivity index is 1.90. The van der Waals surface area contributed by atoms with Gasteiger partial charge in [-0.2, -0.15) is 0 Å². The molecule has 0 spiro atoms. The molecule has 1 unspecified atom stereocenters. The second-order valence-corrected chi connectivity index (χ2v) is 5.34. The van der Waals surface area contributed by atoms with E-state index in [1.165, 1.54) is 18.2 Å². The summed E-state index contributed by atoms with van der Waals surface area (Å²) in [5.41, 5.74) is 1.24. The lowest BCUT2D eigenvalue weighted by molar-refractivity contribution is -0.129. The quantitative estimate of drug-likeness (QED) is 0.889. The Bertz CT molecular complexity index is 600. The van der Waals surface area contributed by atoms with Crippen LogP contribution in [0.5, 0.6) is 0 Å². The number of hydrogen-bond donors (Lipinski definition) is 2. The van der Waals surface area contributed by atoms with Gasteiger partial charge >= 0.3 is 0 Å². The molecule has 1 heterocycles. The summed E-state index contributed by atoms with van der Waals surface area (Å²) in [6.07, 6.45) is 0.986. The van der Waals surface area contributed by atoms with Crippen molar-refractivity contribution in [2.24, 2.45) is 0 Å². The topological polar surface area (TPSA) is 62.2 Å². The van der Waals surface area contributed by atoms with Gasteiger partial charge in [0.05, 0.1) is 0 Å². The Morgan fingerprint density at radius 1 is 1.24 bits per heavy atom. The lowest BCUT2D eigenvalue weighted by Gasteiger charge is -2.12. The summed E-state index contributed by atoms with van der Waals surface area (Å²) in [4.78, 5) is 16.0. The Hall–Kier alpha value is -1.62. The van der Waals surface area contributed by atoms with E-state index in [0.29, 0.717) is 28.6 Å². The van der Waals surface area contributed by atoms with Gasteiger partial charge in [0, 0.05) is 34.9 Å². The highest BCUT2D eigenvalue weighted by atomic mass is 35.5. The summed E-state index contributed by atoms with van der Waals surface area (Å²) in [7, 11) is 0. The number of amides is 1. The number of aliphatic hydroxyl groups excluding tert-OH is 1. The standard InChI is InChI=1S/C15H14Cl2N2O2/c16-11-7-10(8-12(17)9-11)14(20)15(21)19-6-4-13-3-1-2-5-18-13/h1-3,5,7-9,14,20H,4,6H2,(H,19,21). The number of carbonyl (C=O) groups excluding carboxylic acids is 1. The van der Waals surface area contributed by atoms with E-state index in [0.717, 1.165) is 5.69 Å². The van der Waals surface area contributed by atoms with E-state index in [9.17, 15) is 9.90 Å². The van der Waals surface area contributed by atoms with Gasteiger partial charge in [0.1, 0.15) is 0 Å². The van der Waals surface area contributed by atoms with Crippen LogP contribution in [0.3, 0.4) is 0 Å². The Morgan fingerprint density at radius 3 is 2.57 bits per heavy atom. The molecule has 2 N–H and O–H groups in total. The number of aromatic nitrogens is 1. The Kier molecular flexibility index (Phi) is 5.56. The maximum atomic E-state index is 11.9. The highest BCUT2D eigenvalue weighted by Crippen LogP contribution is 2.23. The second kappa shape index (κ2) is 7.41. The monoisotopic (exact) mass is 324 g/mol. The van der Waals surface area contributed by atoms with Crippen LogP contribution in [0, 0.1) is 0 Å². The molecule has 1 atom stereocenters. The molecular formula is C15H14Cl2N2O2. The minimum Gasteiger partial charge on any atom is -0.378 e. The van der Waals surface area contributed by atoms with Crippen molar-refractivity contribution in [3.8, 4) is 0 Å². The van der Waals surface area contributed by atoms with Crippen molar-refractivity contribution >= 4 is 29.1 Å². The molecule has 21 heavy (non-hydrogen) atoms. The maximum Gasteiger partial charge on any atom is 0.253 e. The fraction of sp³-hybridized carbons (Fsp3) is 0.200. The molecule has 4 nitrogen and oxygen atoms in total. The smallest absolute Gasteiger partial charge is 0.253 e. The number of nitrogens with one attached hydrogen (secondary N) is 1. The SMILES string of the molecule is O=C(NCCc1ccccn1)C(O)c1cc(Cl)cc(Cl)c1. The zero-order chi connectivity index (χ0) is 15.2. The van der Waals surface area contributed by atoms with E-state index in [1.807, 2.05) is 18.2 Å². The first-order valence-corrected chi connectivity index (χ1v) is 7.13. The normalized spacial score (nSPS) is 12.0. The summed E-state index contributed by atoms with van der Waals surface area (Å²) in [6, 6.07) is 10.1. The van der Waals surface area contributed by atoms with Crippen LogP contribution in [0.4, 0.5) is 0 Å². The molecule has 0 bridgehead atoms. The van der Waals surface area contributed by atoms with Crippen molar-refractivity contribution < 1.29 is 9.90 Å². The first kappa shape index (κ1) is 15.8. The van der Waals surface area contributed by atoms with Gasteiger partial charge in [0.25, 0.3) is 5.91 Å². The van der Waals surface area contributed by atoms with Crippen LogP contribution in [-0.2, 0) is 11.2 Å². The number of carbonyl (C=O) groups is 1. The van der Waals surface area contributed by atoms with E-state index in [2.05, 4.69) is 10.3 Å². The molecule has 0 aliphatic carbocycles. The number of benzene rings is 1. The molecule has 0 aliphatic heterocycles. The summed E-state index contributed by atoms with van der Waals surface area (Å²) >= 11 is 11.7. The molecule has 0 saturated heterocycles. The van der Waals surface area contributed by atoms with E-state index in [4.69, 9.17) is 23.2 Å². The van der Waals surface area contributed by atoms with Gasteiger partial charge in [-0.25, -0.2) is 0 Å². The lowest BCUT2D eigenvalue weighted by Crippen LogP contribution is -2.31. The largest absolute Gasteiger partial charge is 0.378 e. The predicted octanol–water partition coefficient (Wildman–Crippen LogP) is 2.78. The minimum absolute atomic E-state index is 0.364. The maximum absolute atomic E-state index is 11.9. The van der Waals surface area contributed by atoms with Crippen molar-refractivity contribution in [1.29, 1.82) is 0 Å². The average Bonchev–Trinajstić information content (AvgIpc) is 2.46. The van der Waals surface area contributed by atoms with Gasteiger partial charge in [-0.15, -0.1) is 0 Å². The second-order valence-electron chi connectivity index (χ2n) is 4.47. The highest BCUT2D eigenvalue weighted by Gasteiger charge is 2.17. The summed E-state index contributed by atoms with van der Waals surface area (Å²) in [6.45, 7) is 0.390. The number of nitrogens with zero attached hydrogens (tertiary/aromatic N) is 1. The lowest BCUT2D eigenvalue weighted by atomic mass is 10.1. The first-order valence-electron chi connectivity index (χ1n) is 6.38. The van der Waals surface area contributed by atoms with E-state index >= 15 is 0 Å². The van der Waals surface area contributed by atoms with Crippen LogP contribution in [0.25, 0.3) is 0 Å². The zero-order valence-electron chi connectivity index (χ0n) is 11.1. The van der Waals surface area contributed by atoms with Crippen LogP contribution in [-0.4, -0.2) is 22.5 Å². The van der Waals surface area contributed by atoms with Crippen molar-refractivity contribution in [2.45, 2.75) is 12.5 Å². The van der Waals surface area contributed by atoms with Crippen LogP contribution in [0.2, 0.25) is 10.0 Å². The summed E-state index contributed by atoms with van der Waals surface area (Å²) in [5.74, 6) is -0.496. The number of halogens is 2. The number of hydrogen-bond acceptors (Lipinski definition) is 3. The number of aliphatic hydroxyl groups is 1. The van der Waals surface area contributed by atoms with Crippen molar-refractivity contribution in [3.05, 3.63) is 63.9 Å². The molecule has 2 rings (SSSR count). The summed E-state index contributed by atoms with van der Waals surface area (Å²) < 4.78 is 0. The van der Waals surface area contributed by atoms with Gasteiger partial charge in [-0.1, -0.05) is 29.3 Å². The Morgan fingerprint density at radius 2 is 1.95 bits per heavy atom. The minimum atomic E-state index is -1.30. The third kappa shape index (κ3) is 4.70. The third-order valence-corrected chi connectivity index (χ3v) is 3.29. The van der Waals surface area contributed by atoms with Crippen LogP contribution in [0.15, 0.2) is 42.6 Å². The van der Waals surface area contributed by atoms with Gasteiger partial charge in [0.15, 0.2) is 6.10 Å². The summed E-state index contributed by atoms with van der Waals surface area (Å²) in [5, 5.41) is 13.4. The van der Waals surface area contributed by atoms with Crippen LogP contribution >= 0.6 is 23.2 Å². The molecule has 1 aromatic carbocycles. The van der Waals surface area contributed by atoms with E-state index in [1.54, 1.807) is 6.20 Å². The van der Waals surface area contributed by atoms with Gasteiger partial charge in [0.2, 0.25) is 0 Å². The van der Waals surface area contributed by atoms with E-state index < -0.39 is 12.0 Å². The predicted molar refractivity (Wildman–Crippen MR) is 82.4 cm³/mol. The average molecular weight is 325 g/mol. The molecule has 1 amide bonds.